The third-order valence-electron chi connectivity index (χ3n) is 5.58. The van der Waals surface area contributed by atoms with Crippen molar-refractivity contribution in [1.82, 2.24) is 9.80 Å². The van der Waals surface area contributed by atoms with Gasteiger partial charge in [-0.1, -0.05) is 24.3 Å². The average Bonchev–Trinajstić information content (AvgIpc) is 3.20. The Kier molecular flexibility index (Phi) is 5.56. The lowest BCUT2D eigenvalue weighted by molar-refractivity contribution is -0.137. The molecule has 0 unspecified atom stereocenters. The molecule has 4 rings (SSSR count). The number of likely N-dealkylation sites (tertiary alicyclic amines) is 2. The number of amides is 1. The number of benzene rings is 1. The molecule has 2 atom stereocenters. The molecule has 0 spiro atoms. The van der Waals surface area contributed by atoms with Gasteiger partial charge in [0.1, 0.15) is 5.75 Å². The molecule has 2 fully saturated rings. The van der Waals surface area contributed by atoms with Crippen molar-refractivity contribution in [3.05, 3.63) is 52.7 Å². The van der Waals surface area contributed by atoms with Gasteiger partial charge < -0.3 is 9.64 Å². The summed E-state index contributed by atoms with van der Waals surface area (Å²) in [6, 6.07) is 14.6. The Labute approximate surface area is 159 Å². The van der Waals surface area contributed by atoms with Gasteiger partial charge in [-0.25, -0.2) is 0 Å². The molecule has 4 nitrogen and oxygen atoms in total. The molecule has 0 aliphatic carbocycles. The number of para-hydroxylation sites is 1. The maximum atomic E-state index is 12.6. The Morgan fingerprint density at radius 2 is 2.00 bits per heavy atom. The molecule has 5 heteroatoms. The smallest absolute Gasteiger partial charge is 0.260 e. The first kappa shape index (κ1) is 17.6. The molecular weight excluding hydrogens is 344 g/mol. The number of fused-ring (bicyclic) bond motifs is 1. The quantitative estimate of drug-likeness (QED) is 0.806. The molecule has 138 valence electrons. The number of piperidine rings is 2. The average molecular weight is 371 g/mol. The summed E-state index contributed by atoms with van der Waals surface area (Å²) < 4.78 is 5.65. The van der Waals surface area contributed by atoms with E-state index in [-0.39, 0.29) is 12.5 Å². The molecule has 2 aliphatic rings. The van der Waals surface area contributed by atoms with Crippen LogP contribution in [0, 0.1) is 5.92 Å². The topological polar surface area (TPSA) is 32.8 Å². The highest BCUT2D eigenvalue weighted by Crippen LogP contribution is 2.32. The van der Waals surface area contributed by atoms with E-state index in [1.54, 1.807) is 0 Å². The molecule has 1 amide bonds. The van der Waals surface area contributed by atoms with E-state index >= 15 is 0 Å². The van der Waals surface area contributed by atoms with Crippen LogP contribution in [-0.4, -0.2) is 48.0 Å². The maximum absolute atomic E-state index is 12.6. The molecule has 0 radical (unpaired) electrons. The number of ether oxygens (including phenoxy) is 1. The number of carbonyl (C=O) groups is 1. The van der Waals surface area contributed by atoms with Gasteiger partial charge in [-0.3, -0.25) is 9.69 Å². The zero-order valence-corrected chi connectivity index (χ0v) is 15.9. The highest BCUT2D eigenvalue weighted by atomic mass is 32.1. The summed E-state index contributed by atoms with van der Waals surface area (Å²) in [5, 5.41) is 2.16. The van der Waals surface area contributed by atoms with E-state index in [1.807, 2.05) is 46.6 Å². The number of rotatable bonds is 5. The Morgan fingerprint density at radius 1 is 1.12 bits per heavy atom. The number of nitrogens with zero attached hydrogens (tertiary/aromatic N) is 2. The highest BCUT2D eigenvalue weighted by Gasteiger charge is 2.37. The SMILES string of the molecule is O=C(COc1ccccc1)N1CC[C@H]2[C@H](CCCN2Cc2cccs2)C1. The first-order valence-corrected chi connectivity index (χ1v) is 10.4. The molecule has 26 heavy (non-hydrogen) atoms. The Morgan fingerprint density at radius 3 is 2.81 bits per heavy atom. The van der Waals surface area contributed by atoms with E-state index in [0.717, 1.165) is 31.8 Å². The molecule has 2 aromatic rings. The molecule has 1 aromatic heterocycles. The maximum Gasteiger partial charge on any atom is 0.260 e. The van der Waals surface area contributed by atoms with Crippen LogP contribution < -0.4 is 4.74 Å². The van der Waals surface area contributed by atoms with Gasteiger partial charge in [-0.2, -0.15) is 0 Å². The van der Waals surface area contributed by atoms with Crippen molar-refractivity contribution in [2.75, 3.05) is 26.2 Å². The second-order valence-corrected chi connectivity index (χ2v) is 8.28. The molecular formula is C21H26N2O2S. The zero-order chi connectivity index (χ0) is 17.8. The van der Waals surface area contributed by atoms with Crippen molar-refractivity contribution in [2.45, 2.75) is 31.8 Å². The number of hydrogen-bond acceptors (Lipinski definition) is 4. The fraction of sp³-hybridized carbons (Fsp3) is 0.476. The lowest BCUT2D eigenvalue weighted by Gasteiger charge is -2.47. The minimum absolute atomic E-state index is 0.114. The summed E-state index contributed by atoms with van der Waals surface area (Å²) >= 11 is 1.84. The van der Waals surface area contributed by atoms with Gasteiger partial charge in [0.25, 0.3) is 5.91 Å². The summed E-state index contributed by atoms with van der Waals surface area (Å²) in [6.45, 7) is 4.11. The van der Waals surface area contributed by atoms with Gasteiger partial charge in [0.15, 0.2) is 6.61 Å². The molecule has 2 saturated heterocycles. The first-order chi connectivity index (χ1) is 12.8. The second kappa shape index (κ2) is 8.23. The van der Waals surface area contributed by atoms with E-state index in [0.29, 0.717) is 12.0 Å². The van der Waals surface area contributed by atoms with Crippen molar-refractivity contribution >= 4 is 17.2 Å². The summed E-state index contributed by atoms with van der Waals surface area (Å²) in [5.74, 6) is 1.47. The lowest BCUT2D eigenvalue weighted by atomic mass is 9.83. The summed E-state index contributed by atoms with van der Waals surface area (Å²) in [4.78, 5) is 18.7. The summed E-state index contributed by atoms with van der Waals surface area (Å²) in [7, 11) is 0. The van der Waals surface area contributed by atoms with E-state index in [9.17, 15) is 4.79 Å². The number of carbonyl (C=O) groups excluding carboxylic acids is 1. The number of thiophene rings is 1. The molecule has 1 aromatic carbocycles. The predicted molar refractivity (Wildman–Crippen MR) is 104 cm³/mol. The fourth-order valence-corrected chi connectivity index (χ4v) is 5.01. The van der Waals surface area contributed by atoms with Crippen LogP contribution in [0.1, 0.15) is 24.1 Å². The minimum atomic E-state index is 0.114. The van der Waals surface area contributed by atoms with Crippen LogP contribution in [0.3, 0.4) is 0 Å². The van der Waals surface area contributed by atoms with Crippen molar-refractivity contribution in [1.29, 1.82) is 0 Å². The van der Waals surface area contributed by atoms with Gasteiger partial charge in [0, 0.05) is 30.6 Å². The largest absolute Gasteiger partial charge is 0.484 e. The number of hydrogen-bond donors (Lipinski definition) is 0. The van der Waals surface area contributed by atoms with E-state index in [4.69, 9.17) is 4.74 Å². The van der Waals surface area contributed by atoms with E-state index < -0.39 is 0 Å². The van der Waals surface area contributed by atoms with Gasteiger partial charge in [-0.05, 0) is 55.3 Å². The van der Waals surface area contributed by atoms with Gasteiger partial charge in [0.2, 0.25) is 0 Å². The van der Waals surface area contributed by atoms with E-state index in [1.165, 1.54) is 24.3 Å². The van der Waals surface area contributed by atoms with Crippen LogP contribution in [0.5, 0.6) is 5.75 Å². The first-order valence-electron chi connectivity index (χ1n) is 9.51. The molecule has 0 saturated carbocycles. The standard InChI is InChI=1S/C21H26N2O2S/c24-21(16-25-18-7-2-1-3-8-18)23-12-10-20-17(14-23)6-4-11-22(20)15-19-9-5-13-26-19/h1-3,5,7-9,13,17,20H,4,6,10-12,14-16H2/t17-,20+/m1/s1. The summed E-state index contributed by atoms with van der Waals surface area (Å²) in [5.41, 5.74) is 0. The van der Waals surface area contributed by atoms with Gasteiger partial charge in [0.05, 0.1) is 0 Å². The van der Waals surface area contributed by atoms with Crippen LogP contribution in [-0.2, 0) is 11.3 Å². The lowest BCUT2D eigenvalue weighted by Crippen LogP contribution is -2.55. The van der Waals surface area contributed by atoms with Gasteiger partial charge >= 0.3 is 0 Å². The third kappa shape index (κ3) is 4.10. The van der Waals surface area contributed by atoms with Crippen LogP contribution in [0.15, 0.2) is 47.8 Å². The van der Waals surface area contributed by atoms with Crippen molar-refractivity contribution < 1.29 is 9.53 Å². The van der Waals surface area contributed by atoms with Crippen molar-refractivity contribution in [3.63, 3.8) is 0 Å². The fourth-order valence-electron chi connectivity index (χ4n) is 4.29. The Hall–Kier alpha value is -1.85. The second-order valence-electron chi connectivity index (χ2n) is 7.25. The van der Waals surface area contributed by atoms with Crippen molar-refractivity contribution in [2.24, 2.45) is 5.92 Å². The Balaban J connectivity index is 1.31. The molecule has 2 aliphatic heterocycles. The van der Waals surface area contributed by atoms with Crippen LogP contribution >= 0.6 is 11.3 Å². The van der Waals surface area contributed by atoms with Crippen LogP contribution in [0.25, 0.3) is 0 Å². The highest BCUT2D eigenvalue weighted by molar-refractivity contribution is 7.09. The minimum Gasteiger partial charge on any atom is -0.484 e. The third-order valence-corrected chi connectivity index (χ3v) is 6.44. The van der Waals surface area contributed by atoms with Crippen LogP contribution in [0.2, 0.25) is 0 Å². The Bertz CT molecular complexity index is 704. The van der Waals surface area contributed by atoms with E-state index in [2.05, 4.69) is 22.4 Å². The molecule has 3 heterocycles. The normalized spacial score (nSPS) is 23.5. The summed E-state index contributed by atoms with van der Waals surface area (Å²) in [6.07, 6.45) is 3.54. The monoisotopic (exact) mass is 370 g/mol. The predicted octanol–water partition coefficient (Wildman–Crippen LogP) is 3.64. The van der Waals surface area contributed by atoms with Gasteiger partial charge in [-0.15, -0.1) is 11.3 Å². The van der Waals surface area contributed by atoms with Crippen LogP contribution in [0.4, 0.5) is 0 Å². The molecule has 0 N–H and O–H groups in total. The zero-order valence-electron chi connectivity index (χ0n) is 15.0. The molecule has 0 bridgehead atoms. The van der Waals surface area contributed by atoms with Crippen molar-refractivity contribution in [3.8, 4) is 5.75 Å².